The molecule has 0 radical (unpaired) electrons. The fourth-order valence-electron chi connectivity index (χ4n) is 2.81. The molecule has 1 aliphatic carbocycles. The summed E-state index contributed by atoms with van der Waals surface area (Å²) < 4.78 is 5.62. The predicted molar refractivity (Wildman–Crippen MR) is 63.2 cm³/mol. The third-order valence-electron chi connectivity index (χ3n) is 3.80. The smallest absolute Gasteiger partial charge is 0.309 e. The predicted octanol–water partition coefficient (Wildman–Crippen LogP) is 2.20. The van der Waals surface area contributed by atoms with Crippen LogP contribution in [0.4, 0.5) is 0 Å². The summed E-state index contributed by atoms with van der Waals surface area (Å²) in [6.45, 7) is 2.05. The number of piperidine rings is 1. The van der Waals surface area contributed by atoms with Crippen LogP contribution in [0.2, 0.25) is 0 Å². The van der Waals surface area contributed by atoms with Crippen LogP contribution >= 0.6 is 0 Å². The van der Waals surface area contributed by atoms with Crippen molar-refractivity contribution < 1.29 is 9.53 Å². The van der Waals surface area contributed by atoms with Crippen molar-refractivity contribution in [3.8, 4) is 0 Å². The fourth-order valence-corrected chi connectivity index (χ4v) is 2.81. The van der Waals surface area contributed by atoms with Crippen LogP contribution in [0.25, 0.3) is 0 Å². The summed E-state index contributed by atoms with van der Waals surface area (Å²) >= 11 is 0. The van der Waals surface area contributed by atoms with Crippen LogP contribution in [0, 0.1) is 5.92 Å². The Morgan fingerprint density at radius 3 is 2.56 bits per heavy atom. The molecule has 0 aromatic heterocycles. The number of ether oxygens (including phenoxy) is 1. The van der Waals surface area contributed by atoms with E-state index in [1.807, 2.05) is 0 Å². The molecule has 0 bridgehead atoms. The number of nitrogens with zero attached hydrogens (tertiary/aromatic N) is 1. The van der Waals surface area contributed by atoms with Crippen LogP contribution in [0.3, 0.4) is 0 Å². The van der Waals surface area contributed by atoms with Crippen molar-refractivity contribution in [3.05, 3.63) is 0 Å². The van der Waals surface area contributed by atoms with Gasteiger partial charge in [0.1, 0.15) is 6.10 Å². The van der Waals surface area contributed by atoms with Crippen molar-refractivity contribution in [1.82, 2.24) is 4.90 Å². The van der Waals surface area contributed by atoms with Crippen molar-refractivity contribution in [3.63, 3.8) is 0 Å². The van der Waals surface area contributed by atoms with E-state index in [4.69, 9.17) is 4.74 Å². The Kier molecular flexibility index (Phi) is 4.22. The molecule has 1 atom stereocenters. The molecule has 0 spiro atoms. The van der Waals surface area contributed by atoms with Gasteiger partial charge >= 0.3 is 5.97 Å². The largest absolute Gasteiger partial charge is 0.461 e. The standard InChI is InChI=1S/C13H23NO2/c1-14-9-5-8-12(10-14)16-13(15)11-6-3-2-4-7-11/h11-12H,2-10H2,1H3. The van der Waals surface area contributed by atoms with E-state index >= 15 is 0 Å². The van der Waals surface area contributed by atoms with Crippen LogP contribution in [-0.4, -0.2) is 37.1 Å². The van der Waals surface area contributed by atoms with Gasteiger partial charge in [0.15, 0.2) is 0 Å². The molecule has 0 amide bonds. The normalized spacial score (nSPS) is 28.9. The van der Waals surface area contributed by atoms with Crippen LogP contribution in [-0.2, 0) is 9.53 Å². The zero-order valence-electron chi connectivity index (χ0n) is 10.3. The second-order valence-electron chi connectivity index (χ2n) is 5.30. The van der Waals surface area contributed by atoms with Gasteiger partial charge in [0, 0.05) is 6.54 Å². The highest BCUT2D eigenvalue weighted by atomic mass is 16.5. The van der Waals surface area contributed by atoms with E-state index in [9.17, 15) is 4.79 Å². The molecule has 92 valence electrons. The quantitative estimate of drug-likeness (QED) is 0.675. The molecule has 0 N–H and O–H groups in total. The Labute approximate surface area is 98.1 Å². The topological polar surface area (TPSA) is 29.5 Å². The van der Waals surface area contributed by atoms with Gasteiger partial charge in [0.05, 0.1) is 5.92 Å². The SMILES string of the molecule is CN1CCCC(OC(=O)C2CCCCC2)C1. The second-order valence-corrected chi connectivity index (χ2v) is 5.30. The molecular formula is C13H23NO2. The van der Waals surface area contributed by atoms with E-state index in [0.717, 1.165) is 38.8 Å². The molecule has 1 saturated carbocycles. The summed E-state index contributed by atoms with van der Waals surface area (Å²) in [4.78, 5) is 14.2. The lowest BCUT2D eigenvalue weighted by molar-refractivity contribution is -0.157. The van der Waals surface area contributed by atoms with Gasteiger partial charge in [-0.1, -0.05) is 19.3 Å². The molecule has 1 aliphatic heterocycles. The summed E-state index contributed by atoms with van der Waals surface area (Å²) in [7, 11) is 2.10. The summed E-state index contributed by atoms with van der Waals surface area (Å²) in [5, 5.41) is 0. The molecule has 3 nitrogen and oxygen atoms in total. The molecule has 2 aliphatic rings. The molecule has 2 fully saturated rings. The molecule has 0 aromatic carbocycles. The molecular weight excluding hydrogens is 202 g/mol. The van der Waals surface area contributed by atoms with E-state index in [0.29, 0.717) is 0 Å². The van der Waals surface area contributed by atoms with Crippen molar-refractivity contribution >= 4 is 5.97 Å². The first-order chi connectivity index (χ1) is 7.75. The molecule has 16 heavy (non-hydrogen) atoms. The van der Waals surface area contributed by atoms with Gasteiger partial charge in [-0.15, -0.1) is 0 Å². The maximum atomic E-state index is 11.9. The first-order valence-corrected chi connectivity index (χ1v) is 6.65. The first-order valence-electron chi connectivity index (χ1n) is 6.65. The number of carbonyl (C=O) groups excluding carboxylic acids is 1. The summed E-state index contributed by atoms with van der Waals surface area (Å²) in [5.74, 6) is 0.265. The van der Waals surface area contributed by atoms with Gasteiger partial charge in [-0.25, -0.2) is 0 Å². The summed E-state index contributed by atoms with van der Waals surface area (Å²) in [5.41, 5.74) is 0. The van der Waals surface area contributed by atoms with Gasteiger partial charge < -0.3 is 9.64 Å². The van der Waals surface area contributed by atoms with Crippen molar-refractivity contribution in [2.75, 3.05) is 20.1 Å². The molecule has 1 saturated heterocycles. The Bertz CT molecular complexity index is 236. The molecule has 2 rings (SSSR count). The minimum atomic E-state index is 0.0694. The number of rotatable bonds is 2. The minimum Gasteiger partial charge on any atom is -0.461 e. The maximum absolute atomic E-state index is 11.9. The van der Waals surface area contributed by atoms with Crippen molar-refractivity contribution in [2.45, 2.75) is 51.0 Å². The average Bonchev–Trinajstić information content (AvgIpc) is 2.30. The highest BCUT2D eigenvalue weighted by Gasteiger charge is 2.26. The number of esters is 1. The first kappa shape index (κ1) is 11.9. The Morgan fingerprint density at radius 2 is 1.88 bits per heavy atom. The van der Waals surface area contributed by atoms with Crippen LogP contribution in [0.15, 0.2) is 0 Å². The van der Waals surface area contributed by atoms with Gasteiger partial charge in [0.25, 0.3) is 0 Å². The maximum Gasteiger partial charge on any atom is 0.309 e. The van der Waals surface area contributed by atoms with E-state index in [1.165, 1.54) is 19.3 Å². The molecule has 0 aromatic rings. The van der Waals surface area contributed by atoms with Gasteiger partial charge in [-0.2, -0.15) is 0 Å². The lowest BCUT2D eigenvalue weighted by Gasteiger charge is -2.31. The monoisotopic (exact) mass is 225 g/mol. The number of carbonyl (C=O) groups is 1. The van der Waals surface area contributed by atoms with Gasteiger partial charge in [0.2, 0.25) is 0 Å². The highest BCUT2D eigenvalue weighted by molar-refractivity contribution is 5.72. The average molecular weight is 225 g/mol. The summed E-state index contributed by atoms with van der Waals surface area (Å²) in [6, 6.07) is 0. The zero-order valence-corrected chi connectivity index (χ0v) is 10.3. The number of likely N-dealkylation sites (N-methyl/N-ethyl adjacent to an activating group) is 1. The second kappa shape index (κ2) is 5.67. The lowest BCUT2D eigenvalue weighted by Crippen LogP contribution is -2.39. The molecule has 3 heteroatoms. The highest BCUT2D eigenvalue weighted by Crippen LogP contribution is 2.25. The summed E-state index contributed by atoms with van der Waals surface area (Å²) in [6.07, 6.45) is 8.11. The number of hydrogen-bond acceptors (Lipinski definition) is 3. The Balaban J connectivity index is 1.77. The third-order valence-corrected chi connectivity index (χ3v) is 3.80. The van der Waals surface area contributed by atoms with Gasteiger partial charge in [-0.3, -0.25) is 4.79 Å². The Morgan fingerprint density at radius 1 is 1.12 bits per heavy atom. The van der Waals surface area contributed by atoms with E-state index in [2.05, 4.69) is 11.9 Å². The van der Waals surface area contributed by atoms with Crippen LogP contribution in [0.1, 0.15) is 44.9 Å². The van der Waals surface area contributed by atoms with Crippen molar-refractivity contribution in [1.29, 1.82) is 0 Å². The van der Waals surface area contributed by atoms with Gasteiger partial charge in [-0.05, 0) is 39.3 Å². The molecule has 1 unspecified atom stereocenters. The minimum absolute atomic E-state index is 0.0694. The van der Waals surface area contributed by atoms with E-state index < -0.39 is 0 Å². The molecule has 1 heterocycles. The Hall–Kier alpha value is -0.570. The van der Waals surface area contributed by atoms with Crippen LogP contribution in [0.5, 0.6) is 0 Å². The fraction of sp³-hybridized carbons (Fsp3) is 0.923. The van der Waals surface area contributed by atoms with Crippen LogP contribution < -0.4 is 0 Å². The van der Waals surface area contributed by atoms with Crippen molar-refractivity contribution in [2.24, 2.45) is 5.92 Å². The zero-order chi connectivity index (χ0) is 11.4. The number of likely N-dealkylation sites (tertiary alicyclic amines) is 1. The van der Waals surface area contributed by atoms with E-state index in [-0.39, 0.29) is 18.0 Å². The third kappa shape index (κ3) is 3.21. The van der Waals surface area contributed by atoms with E-state index in [1.54, 1.807) is 0 Å². The number of hydrogen-bond donors (Lipinski definition) is 0. The lowest BCUT2D eigenvalue weighted by atomic mass is 9.89.